The maximum Gasteiger partial charge on any atom is 0.0791 e. The van der Waals surface area contributed by atoms with Crippen molar-refractivity contribution < 1.29 is 5.21 Å². The SMILES string of the molecule is [N-]=[N+]=NC1CCCCC1=NO. The van der Waals surface area contributed by atoms with Crippen molar-refractivity contribution in [3.8, 4) is 0 Å². The van der Waals surface area contributed by atoms with Crippen molar-refractivity contribution in [2.24, 2.45) is 10.3 Å². The second-order valence-corrected chi connectivity index (χ2v) is 2.56. The lowest BCUT2D eigenvalue weighted by Gasteiger charge is -2.17. The van der Waals surface area contributed by atoms with E-state index in [9.17, 15) is 0 Å². The average Bonchev–Trinajstić information content (AvgIpc) is 2.06. The molecule has 1 unspecified atom stereocenters. The van der Waals surface area contributed by atoms with Crippen molar-refractivity contribution in [3.63, 3.8) is 0 Å². The number of azide groups is 1. The lowest BCUT2D eigenvalue weighted by Crippen LogP contribution is -2.22. The van der Waals surface area contributed by atoms with E-state index < -0.39 is 0 Å². The minimum absolute atomic E-state index is 0.209. The molecule has 1 N–H and O–H groups in total. The Morgan fingerprint density at radius 2 is 2.36 bits per heavy atom. The summed E-state index contributed by atoms with van der Waals surface area (Å²) in [5, 5.41) is 15.1. The highest BCUT2D eigenvalue weighted by atomic mass is 16.4. The van der Waals surface area contributed by atoms with Crippen LogP contribution in [0.1, 0.15) is 25.7 Å². The highest BCUT2D eigenvalue weighted by Crippen LogP contribution is 2.18. The molecule has 1 aliphatic carbocycles. The third-order valence-electron chi connectivity index (χ3n) is 1.86. The number of nitrogens with zero attached hydrogens (tertiary/aromatic N) is 4. The largest absolute Gasteiger partial charge is 0.411 e. The zero-order valence-electron chi connectivity index (χ0n) is 6.14. The van der Waals surface area contributed by atoms with Crippen LogP contribution in [0.2, 0.25) is 0 Å². The van der Waals surface area contributed by atoms with Crippen LogP contribution in [0.5, 0.6) is 0 Å². The topological polar surface area (TPSA) is 81.4 Å². The molecule has 60 valence electrons. The van der Waals surface area contributed by atoms with Crippen LogP contribution in [-0.2, 0) is 0 Å². The van der Waals surface area contributed by atoms with Gasteiger partial charge in [-0.25, -0.2) is 0 Å². The van der Waals surface area contributed by atoms with Gasteiger partial charge in [0.2, 0.25) is 0 Å². The van der Waals surface area contributed by atoms with Gasteiger partial charge in [-0.1, -0.05) is 16.7 Å². The number of oxime groups is 1. The zero-order valence-corrected chi connectivity index (χ0v) is 6.14. The van der Waals surface area contributed by atoms with Gasteiger partial charge < -0.3 is 5.21 Å². The fraction of sp³-hybridized carbons (Fsp3) is 0.833. The third-order valence-corrected chi connectivity index (χ3v) is 1.86. The van der Waals surface area contributed by atoms with Gasteiger partial charge in [0, 0.05) is 4.91 Å². The first-order valence-corrected chi connectivity index (χ1v) is 3.63. The Morgan fingerprint density at radius 3 is 3.00 bits per heavy atom. The molecule has 0 radical (unpaired) electrons. The summed E-state index contributed by atoms with van der Waals surface area (Å²) in [4.78, 5) is 2.69. The summed E-state index contributed by atoms with van der Waals surface area (Å²) in [6.07, 6.45) is 3.63. The molecule has 1 rings (SSSR count). The van der Waals surface area contributed by atoms with E-state index in [1.165, 1.54) is 0 Å². The van der Waals surface area contributed by atoms with Crippen LogP contribution in [0, 0.1) is 0 Å². The summed E-state index contributed by atoms with van der Waals surface area (Å²) in [6.45, 7) is 0. The highest BCUT2D eigenvalue weighted by Gasteiger charge is 2.18. The van der Waals surface area contributed by atoms with E-state index in [2.05, 4.69) is 15.2 Å². The van der Waals surface area contributed by atoms with Crippen LogP contribution in [0.4, 0.5) is 0 Å². The van der Waals surface area contributed by atoms with Crippen LogP contribution in [0.25, 0.3) is 10.4 Å². The van der Waals surface area contributed by atoms with E-state index in [1.807, 2.05) is 0 Å². The molecule has 0 spiro atoms. The van der Waals surface area contributed by atoms with Gasteiger partial charge in [0.05, 0.1) is 11.8 Å². The quantitative estimate of drug-likeness (QED) is 0.202. The molecule has 5 heteroatoms. The van der Waals surface area contributed by atoms with Crippen LogP contribution < -0.4 is 0 Å². The molecule has 0 bridgehead atoms. The van der Waals surface area contributed by atoms with Gasteiger partial charge in [-0.05, 0) is 24.8 Å². The minimum Gasteiger partial charge on any atom is -0.411 e. The molecule has 11 heavy (non-hydrogen) atoms. The van der Waals surface area contributed by atoms with Gasteiger partial charge in [-0.3, -0.25) is 0 Å². The summed E-state index contributed by atoms with van der Waals surface area (Å²) >= 11 is 0. The molecule has 1 saturated carbocycles. The van der Waals surface area contributed by atoms with Crippen molar-refractivity contribution in [1.82, 2.24) is 0 Å². The van der Waals surface area contributed by atoms with Gasteiger partial charge in [-0.2, -0.15) is 0 Å². The number of hydrogen-bond acceptors (Lipinski definition) is 3. The molecule has 5 nitrogen and oxygen atoms in total. The smallest absolute Gasteiger partial charge is 0.0791 e. The van der Waals surface area contributed by atoms with E-state index in [0.29, 0.717) is 5.71 Å². The van der Waals surface area contributed by atoms with Gasteiger partial charge in [0.15, 0.2) is 0 Å². The standard InChI is InChI=1S/C6H10N4O/c7-10-8-5-3-1-2-4-6(5)9-11/h5,11H,1-4H2. The van der Waals surface area contributed by atoms with E-state index in [-0.39, 0.29) is 6.04 Å². The van der Waals surface area contributed by atoms with Gasteiger partial charge in [-0.15, -0.1) is 0 Å². The molecule has 0 amide bonds. The molecule has 0 aromatic carbocycles. The van der Waals surface area contributed by atoms with Crippen molar-refractivity contribution in [2.75, 3.05) is 0 Å². The molecule has 1 atom stereocenters. The Kier molecular flexibility index (Phi) is 2.74. The summed E-state index contributed by atoms with van der Waals surface area (Å²) < 4.78 is 0. The molecule has 1 aliphatic rings. The first kappa shape index (κ1) is 7.88. The lowest BCUT2D eigenvalue weighted by molar-refractivity contribution is 0.312. The van der Waals surface area contributed by atoms with Crippen molar-refractivity contribution in [3.05, 3.63) is 10.4 Å². The van der Waals surface area contributed by atoms with Gasteiger partial charge in [0.25, 0.3) is 0 Å². The Bertz CT molecular complexity index is 207. The average molecular weight is 154 g/mol. The summed E-state index contributed by atoms with van der Waals surface area (Å²) in [5.41, 5.74) is 8.77. The first-order chi connectivity index (χ1) is 5.38. The third kappa shape index (κ3) is 1.85. The van der Waals surface area contributed by atoms with E-state index >= 15 is 0 Å². The number of hydrogen-bond donors (Lipinski definition) is 1. The summed E-state index contributed by atoms with van der Waals surface area (Å²) in [6, 6.07) is -0.209. The van der Waals surface area contributed by atoms with Gasteiger partial charge in [0.1, 0.15) is 0 Å². The second kappa shape index (κ2) is 3.83. The van der Waals surface area contributed by atoms with Crippen molar-refractivity contribution in [2.45, 2.75) is 31.7 Å². The monoisotopic (exact) mass is 154 g/mol. The lowest BCUT2D eigenvalue weighted by atomic mass is 9.94. The normalized spacial score (nSPS) is 28.0. The number of rotatable bonds is 1. The molecule has 1 fully saturated rings. The van der Waals surface area contributed by atoms with E-state index in [4.69, 9.17) is 10.7 Å². The molecule has 0 aliphatic heterocycles. The molecule has 0 saturated heterocycles. The maximum absolute atomic E-state index is 8.49. The maximum atomic E-state index is 8.49. The van der Waals surface area contributed by atoms with Crippen molar-refractivity contribution >= 4 is 5.71 Å². The zero-order chi connectivity index (χ0) is 8.10. The second-order valence-electron chi connectivity index (χ2n) is 2.56. The van der Waals surface area contributed by atoms with Crippen LogP contribution >= 0.6 is 0 Å². The fourth-order valence-electron chi connectivity index (χ4n) is 1.28. The van der Waals surface area contributed by atoms with Crippen LogP contribution in [0.15, 0.2) is 10.3 Å². The van der Waals surface area contributed by atoms with Crippen molar-refractivity contribution in [1.29, 1.82) is 0 Å². The molecular weight excluding hydrogens is 144 g/mol. The molecule has 0 aromatic rings. The molecule has 0 heterocycles. The van der Waals surface area contributed by atoms with Crippen LogP contribution in [0.3, 0.4) is 0 Å². The van der Waals surface area contributed by atoms with E-state index in [0.717, 1.165) is 25.7 Å². The Balaban J connectivity index is 2.66. The van der Waals surface area contributed by atoms with Gasteiger partial charge >= 0.3 is 0 Å². The minimum atomic E-state index is -0.209. The fourth-order valence-corrected chi connectivity index (χ4v) is 1.28. The Morgan fingerprint density at radius 1 is 1.55 bits per heavy atom. The van der Waals surface area contributed by atoms with Crippen LogP contribution in [-0.4, -0.2) is 17.0 Å². The summed E-state index contributed by atoms with van der Waals surface area (Å²) in [7, 11) is 0. The summed E-state index contributed by atoms with van der Waals surface area (Å²) in [5.74, 6) is 0. The Hall–Kier alpha value is -1.22. The Labute approximate surface area is 64.3 Å². The highest BCUT2D eigenvalue weighted by molar-refractivity contribution is 5.89. The van der Waals surface area contributed by atoms with E-state index in [1.54, 1.807) is 0 Å². The molecule has 0 aromatic heterocycles. The predicted molar refractivity (Wildman–Crippen MR) is 40.6 cm³/mol. The predicted octanol–water partition coefficient (Wildman–Crippen LogP) is 2.07. The molecular formula is C6H10N4O. The first-order valence-electron chi connectivity index (χ1n) is 3.63.